The van der Waals surface area contributed by atoms with Gasteiger partial charge in [0.1, 0.15) is 0 Å². The summed E-state index contributed by atoms with van der Waals surface area (Å²) in [5, 5.41) is 0. The Morgan fingerprint density at radius 3 is 1.00 bits per heavy atom. The van der Waals surface area contributed by atoms with Crippen molar-refractivity contribution in [2.24, 2.45) is 0 Å². The van der Waals surface area contributed by atoms with E-state index in [2.05, 4.69) is 72.9 Å². The predicted octanol–water partition coefficient (Wildman–Crippen LogP) is 11.9. The van der Waals surface area contributed by atoms with Gasteiger partial charge in [-0.15, -0.1) is 25.3 Å². The first-order valence-electron chi connectivity index (χ1n) is 14.8. The summed E-state index contributed by atoms with van der Waals surface area (Å²) in [6.45, 7) is 12.3. The van der Waals surface area contributed by atoms with Crippen LogP contribution in [0.15, 0.2) is 129 Å². The van der Waals surface area contributed by atoms with Gasteiger partial charge >= 0.3 is 56.4 Å². The summed E-state index contributed by atoms with van der Waals surface area (Å²) < 4.78 is 0. The average Bonchev–Trinajstić information content (AvgIpc) is 3.06. The zero-order chi connectivity index (χ0) is 36.3. The maximum absolute atomic E-state index is 4.94. The molecule has 0 N–H and O–H groups in total. The summed E-state index contributed by atoms with van der Waals surface area (Å²) >= 11 is 17.7. The minimum Gasteiger partial charge on any atom is 2.00 e. The van der Waals surface area contributed by atoms with Crippen LogP contribution in [0.3, 0.4) is 0 Å². The monoisotopic (exact) mass is 1150 g/mol. The van der Waals surface area contributed by atoms with Crippen molar-refractivity contribution in [3.8, 4) is 22.8 Å². The van der Waals surface area contributed by atoms with E-state index in [-0.39, 0.29) is 28.5 Å². The molecular formula is C39H42Cl2N4Pt2S4. The second kappa shape index (κ2) is 26.8. The molecule has 2 aromatic carbocycles. The summed E-state index contributed by atoms with van der Waals surface area (Å²) in [5.41, 5.74) is 11.0. The molecule has 276 valence electrons. The smallest absolute Gasteiger partial charge is 2.00 e. The van der Waals surface area contributed by atoms with Crippen LogP contribution in [-0.2, 0) is 62.8 Å². The van der Waals surface area contributed by atoms with Gasteiger partial charge in [0.15, 0.2) is 0 Å². The second-order valence-corrected chi connectivity index (χ2v) is 16.0. The van der Waals surface area contributed by atoms with Gasteiger partial charge < -0.3 is 25.3 Å². The Balaban J connectivity index is 0.000000641. The number of benzene rings is 2. The quantitative estimate of drug-likeness (QED) is 0.133. The number of aromatic nitrogens is 4. The van der Waals surface area contributed by atoms with Gasteiger partial charge in [-0.25, -0.2) is 0 Å². The number of rotatable bonds is 2. The van der Waals surface area contributed by atoms with Crippen LogP contribution in [0.2, 0.25) is 0 Å². The first-order chi connectivity index (χ1) is 23.3. The van der Waals surface area contributed by atoms with Crippen LogP contribution < -0.4 is 0 Å². The van der Waals surface area contributed by atoms with E-state index in [4.69, 9.17) is 44.1 Å². The molecule has 4 aromatic heterocycles. The van der Waals surface area contributed by atoms with Gasteiger partial charge in [0.2, 0.25) is 0 Å². The molecule has 0 fully saturated rings. The molecule has 0 aliphatic carbocycles. The summed E-state index contributed by atoms with van der Waals surface area (Å²) in [5.74, 6) is 0. The summed E-state index contributed by atoms with van der Waals surface area (Å²) in [4.78, 5) is 20.6. The van der Waals surface area contributed by atoms with E-state index in [1.807, 2.05) is 124 Å². The normalized spacial score (nSPS) is 9.37. The number of aryl methyl sites for hydroxylation is 6. The molecule has 4 heterocycles. The van der Waals surface area contributed by atoms with Crippen LogP contribution in [-0.4, -0.2) is 19.9 Å². The van der Waals surface area contributed by atoms with Crippen molar-refractivity contribution in [1.29, 1.82) is 0 Å². The maximum Gasteiger partial charge on any atom is 2.00 e. The summed E-state index contributed by atoms with van der Waals surface area (Å²) in [6.07, 6.45) is 7.26. The van der Waals surface area contributed by atoms with Crippen molar-refractivity contribution < 1.29 is 37.5 Å². The number of halogens is 2. The minimum atomic E-state index is -0.472. The fraction of sp³-hybridized carbons (Fsp3) is 0.179. The van der Waals surface area contributed by atoms with Gasteiger partial charge in [-0.1, -0.05) is 37.3 Å². The minimum absolute atomic E-state index is 0. The average molecular weight is 1160 g/mol. The van der Waals surface area contributed by atoms with Crippen molar-refractivity contribution in [3.05, 3.63) is 143 Å². The molecule has 0 spiro atoms. The van der Waals surface area contributed by atoms with Crippen LogP contribution in [0.25, 0.3) is 22.8 Å². The third kappa shape index (κ3) is 19.7. The van der Waals surface area contributed by atoms with Crippen molar-refractivity contribution in [3.63, 3.8) is 0 Å². The van der Waals surface area contributed by atoms with Crippen LogP contribution >= 0.6 is 44.1 Å². The Morgan fingerprint density at radius 2 is 0.745 bits per heavy atom. The van der Waals surface area contributed by atoms with E-state index in [9.17, 15) is 0 Å². The van der Waals surface area contributed by atoms with Gasteiger partial charge in [-0.2, -0.15) is 9.79 Å². The fourth-order valence-corrected chi connectivity index (χ4v) is 4.75. The van der Waals surface area contributed by atoms with E-state index < -0.39 is 16.5 Å². The first kappa shape index (κ1) is 49.1. The summed E-state index contributed by atoms with van der Waals surface area (Å²) in [6, 6.07) is 27.8. The maximum atomic E-state index is 4.94. The van der Waals surface area contributed by atoms with Gasteiger partial charge in [0.05, 0.1) is 22.8 Å². The standard InChI is InChI=1S/2C12H12N2.2C7H8S2.CH4.2ClH.2Pt/c2*1-9-3-5-13-11(7-9)12-8-10(2)4-6-14-12;2*1-5-2-3-6(8)7(9)4-5;;;;;/h2*3-8H,1-2H3;2*2-4,8-9H,1H3;1H4;2*1H;;/q;;;;;;;2*+2/p-4. The van der Waals surface area contributed by atoms with E-state index in [1.165, 1.54) is 33.4 Å². The molecule has 51 heavy (non-hydrogen) atoms. The Labute approximate surface area is 357 Å². The molecule has 0 saturated carbocycles. The molecule has 0 amide bonds. The number of hydrogen-bond donors (Lipinski definition) is 2. The molecule has 12 heteroatoms. The third-order valence-corrected chi connectivity index (χ3v) is 8.18. The van der Waals surface area contributed by atoms with E-state index >= 15 is 0 Å². The van der Waals surface area contributed by atoms with Gasteiger partial charge in [0, 0.05) is 34.6 Å². The van der Waals surface area contributed by atoms with Crippen molar-refractivity contribution >= 4 is 69.4 Å². The first-order valence-corrected chi connectivity index (χ1v) is 22.1. The van der Waals surface area contributed by atoms with Crippen molar-refractivity contribution in [2.45, 2.75) is 68.6 Å². The Morgan fingerprint density at radius 1 is 0.451 bits per heavy atom. The second-order valence-electron chi connectivity index (χ2n) is 10.9. The predicted molar refractivity (Wildman–Crippen MR) is 220 cm³/mol. The van der Waals surface area contributed by atoms with E-state index in [0.29, 0.717) is 0 Å². The fourth-order valence-electron chi connectivity index (χ4n) is 3.95. The van der Waals surface area contributed by atoms with Gasteiger partial charge in [-0.05, 0) is 130 Å². The number of nitrogens with zero attached hydrogens (tertiary/aromatic N) is 4. The van der Waals surface area contributed by atoms with Crippen molar-refractivity contribution in [1.82, 2.24) is 19.9 Å². The molecule has 0 radical (unpaired) electrons. The molecule has 0 unspecified atom stereocenters. The van der Waals surface area contributed by atoms with E-state index in [0.717, 1.165) is 42.4 Å². The molecular weight excluding hydrogens is 1110 g/mol. The molecule has 0 atom stereocenters. The largest absolute Gasteiger partial charge is 2.00 e. The van der Waals surface area contributed by atoms with Crippen LogP contribution in [0, 0.1) is 41.5 Å². The Hall–Kier alpha value is -1.86. The molecule has 6 rings (SSSR count). The zero-order valence-corrected chi connectivity index (χ0v) is 37.8. The van der Waals surface area contributed by atoms with Gasteiger partial charge in [0.25, 0.3) is 0 Å². The third-order valence-electron chi connectivity index (χ3n) is 6.42. The molecule has 0 saturated heterocycles. The number of pyridine rings is 4. The van der Waals surface area contributed by atoms with Crippen LogP contribution in [0.5, 0.6) is 0 Å². The molecule has 0 bridgehead atoms. The van der Waals surface area contributed by atoms with Crippen molar-refractivity contribution in [2.75, 3.05) is 0 Å². The molecule has 0 aliphatic heterocycles. The van der Waals surface area contributed by atoms with Gasteiger partial charge in [-0.3, -0.25) is 19.9 Å². The Bertz CT molecular complexity index is 1690. The number of hydrogen-bond acceptors (Lipinski definition) is 8. The number of thiol groups is 2. The molecule has 4 nitrogen and oxygen atoms in total. The van der Waals surface area contributed by atoms with Crippen LogP contribution in [0.1, 0.15) is 40.8 Å². The zero-order valence-electron chi connectivity index (χ0n) is 28.3. The Kier molecular flexibility index (Phi) is 25.9. The van der Waals surface area contributed by atoms with Crippen LogP contribution in [0.4, 0.5) is 0 Å². The molecule has 6 aromatic rings. The topological polar surface area (TPSA) is 51.6 Å². The SMILES string of the molecule is C.Cc1ccc(S)c(S)c1.Cc1ccc([S-])c([S-])c1.Cc1ccnc(-c2cc(C)ccn2)c1.Cc1ccnc(-c2cc(C)ccn2)c1.[Cl][Pt][Cl].[Pt+2]. The van der Waals surface area contributed by atoms with E-state index in [1.54, 1.807) is 0 Å². The molecule has 0 aliphatic rings. The summed E-state index contributed by atoms with van der Waals surface area (Å²) in [7, 11) is 9.75.